The molecular weight excluding hydrogens is 370 g/mol. The van der Waals surface area contributed by atoms with Crippen LogP contribution in [0.15, 0.2) is 54.6 Å². The first kappa shape index (κ1) is 22.1. The quantitative estimate of drug-likeness (QED) is 0.656. The molecule has 7 nitrogen and oxygen atoms in total. The fourth-order valence-corrected chi connectivity index (χ4v) is 2.71. The lowest BCUT2D eigenvalue weighted by Crippen LogP contribution is -2.43. The molecule has 1 N–H and O–H groups in total. The predicted molar refractivity (Wildman–Crippen MR) is 111 cm³/mol. The van der Waals surface area contributed by atoms with Crippen LogP contribution in [0.1, 0.15) is 11.1 Å². The van der Waals surface area contributed by atoms with Crippen LogP contribution in [0, 0.1) is 6.92 Å². The van der Waals surface area contributed by atoms with Crippen molar-refractivity contribution in [3.63, 3.8) is 0 Å². The molecule has 2 aromatic carbocycles. The Morgan fingerprint density at radius 1 is 0.931 bits per heavy atom. The summed E-state index contributed by atoms with van der Waals surface area (Å²) in [7, 11) is 2.88. The van der Waals surface area contributed by atoms with E-state index < -0.39 is 5.97 Å². The molecule has 0 spiro atoms. The first-order valence-electron chi connectivity index (χ1n) is 9.31. The highest BCUT2D eigenvalue weighted by Gasteiger charge is 2.19. The summed E-state index contributed by atoms with van der Waals surface area (Å²) in [6.45, 7) is 2.29. The molecule has 154 valence electrons. The van der Waals surface area contributed by atoms with Crippen LogP contribution in [-0.4, -0.2) is 61.4 Å². The second-order valence-electron chi connectivity index (χ2n) is 6.87. The molecule has 29 heavy (non-hydrogen) atoms. The van der Waals surface area contributed by atoms with Crippen molar-refractivity contribution in [1.82, 2.24) is 9.80 Å². The highest BCUT2D eigenvalue weighted by molar-refractivity contribution is 5.94. The molecule has 0 saturated carbocycles. The van der Waals surface area contributed by atoms with E-state index in [9.17, 15) is 14.4 Å². The zero-order chi connectivity index (χ0) is 21.2. The van der Waals surface area contributed by atoms with E-state index in [1.807, 2.05) is 61.5 Å². The Balaban J connectivity index is 1.92. The molecule has 7 heteroatoms. The molecule has 0 aliphatic carbocycles. The number of ether oxygens (including phenoxy) is 1. The summed E-state index contributed by atoms with van der Waals surface area (Å²) < 4.78 is 4.73. The van der Waals surface area contributed by atoms with Gasteiger partial charge >= 0.3 is 5.97 Å². The number of nitrogens with zero attached hydrogens (tertiary/aromatic N) is 2. The number of methoxy groups -OCH3 is 1. The minimum atomic E-state index is -0.423. The number of aryl methyl sites for hydroxylation is 1. The summed E-state index contributed by atoms with van der Waals surface area (Å²) in [5, 5.41) is 2.77. The molecule has 2 aromatic rings. The summed E-state index contributed by atoms with van der Waals surface area (Å²) in [6.07, 6.45) is 0. The summed E-state index contributed by atoms with van der Waals surface area (Å²) in [4.78, 5) is 39.6. The Hall–Kier alpha value is -3.19. The zero-order valence-corrected chi connectivity index (χ0v) is 17.1. The number of rotatable bonds is 9. The van der Waals surface area contributed by atoms with Gasteiger partial charge in [-0.1, -0.05) is 48.0 Å². The first-order chi connectivity index (χ1) is 13.9. The van der Waals surface area contributed by atoms with Crippen LogP contribution in [0.2, 0.25) is 0 Å². The van der Waals surface area contributed by atoms with Crippen molar-refractivity contribution in [3.05, 3.63) is 65.7 Å². The van der Waals surface area contributed by atoms with Gasteiger partial charge in [0.25, 0.3) is 0 Å². The smallest absolute Gasteiger partial charge is 0.319 e. The van der Waals surface area contributed by atoms with Crippen molar-refractivity contribution in [2.45, 2.75) is 13.5 Å². The summed E-state index contributed by atoms with van der Waals surface area (Å²) in [5.41, 5.74) is 2.75. The summed E-state index contributed by atoms with van der Waals surface area (Å²) in [6, 6.07) is 17.0. The number of carbonyl (C=O) groups is 3. The number of nitrogens with one attached hydrogen (secondary N) is 1. The van der Waals surface area contributed by atoms with Gasteiger partial charge in [0.2, 0.25) is 11.8 Å². The zero-order valence-electron chi connectivity index (χ0n) is 17.1. The molecule has 0 bridgehead atoms. The van der Waals surface area contributed by atoms with Crippen molar-refractivity contribution < 1.29 is 19.1 Å². The third kappa shape index (κ3) is 7.75. The van der Waals surface area contributed by atoms with Gasteiger partial charge in [-0.05, 0) is 24.6 Å². The van der Waals surface area contributed by atoms with E-state index in [0.717, 1.165) is 11.1 Å². The third-order valence-corrected chi connectivity index (χ3v) is 4.33. The number of hydrogen-bond donors (Lipinski definition) is 1. The van der Waals surface area contributed by atoms with E-state index in [4.69, 9.17) is 4.74 Å². The van der Waals surface area contributed by atoms with Gasteiger partial charge < -0.3 is 15.0 Å². The molecule has 0 unspecified atom stereocenters. The predicted octanol–water partition coefficient (Wildman–Crippen LogP) is 2.07. The van der Waals surface area contributed by atoms with Crippen LogP contribution < -0.4 is 5.32 Å². The number of benzene rings is 2. The van der Waals surface area contributed by atoms with Gasteiger partial charge in [0.15, 0.2) is 0 Å². The van der Waals surface area contributed by atoms with Crippen molar-refractivity contribution in [2.24, 2.45) is 0 Å². The highest BCUT2D eigenvalue weighted by Crippen LogP contribution is 2.09. The van der Waals surface area contributed by atoms with Crippen LogP contribution >= 0.6 is 0 Å². The van der Waals surface area contributed by atoms with Crippen molar-refractivity contribution in [3.8, 4) is 0 Å². The van der Waals surface area contributed by atoms with Gasteiger partial charge in [-0.3, -0.25) is 19.3 Å². The maximum atomic E-state index is 12.6. The minimum Gasteiger partial charge on any atom is -0.468 e. The SMILES string of the molecule is COC(=O)CN(CC(=O)N(C)CC(=O)Nc1ccc(C)cc1)Cc1ccccc1. The van der Waals surface area contributed by atoms with E-state index in [0.29, 0.717) is 12.2 Å². The molecule has 0 radical (unpaired) electrons. The summed E-state index contributed by atoms with van der Waals surface area (Å²) >= 11 is 0. The van der Waals surface area contributed by atoms with Crippen molar-refractivity contribution in [2.75, 3.05) is 39.1 Å². The highest BCUT2D eigenvalue weighted by atomic mass is 16.5. The molecule has 0 saturated heterocycles. The van der Waals surface area contributed by atoms with E-state index in [-0.39, 0.29) is 31.4 Å². The monoisotopic (exact) mass is 397 g/mol. The van der Waals surface area contributed by atoms with Crippen molar-refractivity contribution in [1.29, 1.82) is 0 Å². The molecule has 0 fully saturated rings. The molecule has 0 aliphatic rings. The molecule has 0 heterocycles. The molecule has 0 aromatic heterocycles. The Bertz CT molecular complexity index is 822. The van der Waals surface area contributed by atoms with Crippen LogP contribution in [0.4, 0.5) is 5.69 Å². The number of esters is 1. The van der Waals surface area contributed by atoms with Crippen LogP contribution in [0.3, 0.4) is 0 Å². The Morgan fingerprint density at radius 3 is 2.21 bits per heavy atom. The fraction of sp³-hybridized carbons (Fsp3) is 0.318. The molecule has 0 aliphatic heterocycles. The number of carbonyl (C=O) groups excluding carboxylic acids is 3. The van der Waals surface area contributed by atoms with Gasteiger partial charge in [0, 0.05) is 19.3 Å². The first-order valence-corrected chi connectivity index (χ1v) is 9.31. The Labute approximate surface area is 171 Å². The van der Waals surface area contributed by atoms with Gasteiger partial charge in [0.1, 0.15) is 0 Å². The van der Waals surface area contributed by atoms with E-state index >= 15 is 0 Å². The van der Waals surface area contributed by atoms with E-state index in [2.05, 4.69) is 5.32 Å². The van der Waals surface area contributed by atoms with E-state index in [1.165, 1.54) is 12.0 Å². The standard InChI is InChI=1S/C22H27N3O4/c1-17-9-11-19(12-10-17)23-20(26)14-24(2)21(27)15-25(16-22(28)29-3)13-18-7-5-4-6-8-18/h4-12H,13-16H2,1-3H3,(H,23,26). The molecule has 2 amide bonds. The Kier molecular flexibility index (Phi) is 8.36. The average molecular weight is 397 g/mol. The number of amides is 2. The van der Waals surface area contributed by atoms with Crippen LogP contribution in [0.25, 0.3) is 0 Å². The van der Waals surface area contributed by atoms with Gasteiger partial charge in [-0.25, -0.2) is 0 Å². The number of anilines is 1. The lowest BCUT2D eigenvalue weighted by molar-refractivity contribution is -0.143. The second-order valence-corrected chi connectivity index (χ2v) is 6.87. The van der Waals surface area contributed by atoms with Gasteiger partial charge in [-0.15, -0.1) is 0 Å². The molecule has 0 atom stereocenters. The van der Waals surface area contributed by atoms with Crippen LogP contribution in [0.5, 0.6) is 0 Å². The maximum Gasteiger partial charge on any atom is 0.319 e. The third-order valence-electron chi connectivity index (χ3n) is 4.33. The molecular formula is C22H27N3O4. The normalized spacial score (nSPS) is 10.5. The minimum absolute atomic E-state index is 0.00168. The van der Waals surface area contributed by atoms with Gasteiger partial charge in [0.05, 0.1) is 26.7 Å². The summed E-state index contributed by atoms with van der Waals surface area (Å²) in [5.74, 6) is -0.968. The Morgan fingerprint density at radius 2 is 1.59 bits per heavy atom. The average Bonchev–Trinajstić information content (AvgIpc) is 2.70. The van der Waals surface area contributed by atoms with E-state index in [1.54, 1.807) is 11.9 Å². The number of likely N-dealkylation sites (N-methyl/N-ethyl adjacent to an activating group) is 1. The lowest BCUT2D eigenvalue weighted by atomic mass is 10.2. The number of hydrogen-bond acceptors (Lipinski definition) is 5. The molecule has 2 rings (SSSR count). The second kappa shape index (κ2) is 11.0. The van der Waals surface area contributed by atoms with Crippen molar-refractivity contribution >= 4 is 23.5 Å². The lowest BCUT2D eigenvalue weighted by Gasteiger charge is -2.24. The largest absolute Gasteiger partial charge is 0.468 e. The van der Waals surface area contributed by atoms with Gasteiger partial charge in [-0.2, -0.15) is 0 Å². The maximum absolute atomic E-state index is 12.6. The topological polar surface area (TPSA) is 79.0 Å². The fourth-order valence-electron chi connectivity index (χ4n) is 2.71. The van der Waals surface area contributed by atoms with Crippen LogP contribution in [-0.2, 0) is 25.7 Å².